The summed E-state index contributed by atoms with van der Waals surface area (Å²) in [5, 5.41) is 0. The second-order valence-corrected chi connectivity index (χ2v) is 7.75. The van der Waals surface area contributed by atoms with Crippen LogP contribution in [0.2, 0.25) is 0 Å². The van der Waals surface area contributed by atoms with Crippen LogP contribution in [-0.2, 0) is 38.0 Å². The van der Waals surface area contributed by atoms with Crippen molar-refractivity contribution in [1.82, 2.24) is 0 Å². The average Bonchev–Trinajstić information content (AvgIpc) is 3.13. The molecule has 154 valence electrons. The van der Waals surface area contributed by atoms with E-state index in [9.17, 15) is 9.59 Å². The Morgan fingerprint density at radius 1 is 1.17 bits per heavy atom. The summed E-state index contributed by atoms with van der Waals surface area (Å²) in [6.07, 6.45) is -3.10. The van der Waals surface area contributed by atoms with Crippen LogP contribution in [0, 0.1) is 5.41 Å². The molecule has 29 heavy (non-hydrogen) atoms. The van der Waals surface area contributed by atoms with E-state index >= 15 is 0 Å². The van der Waals surface area contributed by atoms with Crippen LogP contribution in [0.4, 0.5) is 0 Å². The molecule has 0 spiro atoms. The highest BCUT2D eigenvalue weighted by molar-refractivity contribution is 5.98. The van der Waals surface area contributed by atoms with Crippen LogP contribution in [0.5, 0.6) is 0 Å². The summed E-state index contributed by atoms with van der Waals surface area (Å²) in [7, 11) is 1.47. The summed E-state index contributed by atoms with van der Waals surface area (Å²) in [6.45, 7) is 3.32. The Hall–Kier alpha value is -2.26. The molecule has 0 aromatic heterocycles. The van der Waals surface area contributed by atoms with E-state index in [1.54, 1.807) is 6.92 Å². The minimum absolute atomic E-state index is 0.0960. The largest absolute Gasteiger partial charge is 0.453 e. The number of hydrogen-bond donors (Lipinski definition) is 0. The van der Waals surface area contributed by atoms with E-state index in [4.69, 9.17) is 28.4 Å². The second kappa shape index (κ2) is 6.37. The number of Topliss-reactive ketones (excluding diaryl/α,β-unsaturated/α-hetero) is 1. The Bertz CT molecular complexity index is 895. The van der Waals surface area contributed by atoms with Crippen molar-refractivity contribution in [2.45, 2.75) is 50.8 Å². The maximum absolute atomic E-state index is 12.6. The van der Waals surface area contributed by atoms with Gasteiger partial charge >= 0.3 is 5.97 Å². The van der Waals surface area contributed by atoms with Gasteiger partial charge in [0.05, 0.1) is 18.6 Å². The van der Waals surface area contributed by atoms with Gasteiger partial charge in [-0.25, -0.2) is 0 Å². The summed E-state index contributed by atoms with van der Waals surface area (Å²) in [6, 6.07) is 9.44. The zero-order valence-electron chi connectivity index (χ0n) is 16.4. The molecule has 4 aliphatic heterocycles. The second-order valence-electron chi connectivity index (χ2n) is 7.75. The first-order chi connectivity index (χ1) is 13.9. The van der Waals surface area contributed by atoms with Crippen LogP contribution in [0.15, 0.2) is 41.7 Å². The number of methoxy groups -OCH3 is 1. The quantitative estimate of drug-likeness (QED) is 0.710. The van der Waals surface area contributed by atoms with Crippen molar-refractivity contribution in [2.75, 3.05) is 13.7 Å². The Kier molecular flexibility index (Phi) is 4.12. The normalized spacial score (nSPS) is 40.6. The summed E-state index contributed by atoms with van der Waals surface area (Å²) in [5.74, 6) is -1.87. The fourth-order valence-electron chi connectivity index (χ4n) is 5.20. The molecular formula is C21H22O8. The minimum Gasteiger partial charge on any atom is -0.453 e. The van der Waals surface area contributed by atoms with Gasteiger partial charge in [0.25, 0.3) is 5.79 Å². The van der Waals surface area contributed by atoms with E-state index in [0.717, 1.165) is 5.56 Å². The van der Waals surface area contributed by atoms with E-state index in [1.807, 2.05) is 30.3 Å². The number of carbonyl (C=O) groups is 2. The number of fused-ring (bicyclic) bond motifs is 1. The fraction of sp³-hybridized carbons (Fsp3) is 0.524. The van der Waals surface area contributed by atoms with Crippen molar-refractivity contribution in [3.05, 3.63) is 47.2 Å². The van der Waals surface area contributed by atoms with Gasteiger partial charge in [0.2, 0.25) is 0 Å². The number of ether oxygens (including phenoxy) is 6. The molecule has 1 aromatic carbocycles. The number of benzene rings is 1. The Morgan fingerprint density at radius 3 is 2.62 bits per heavy atom. The number of hydrogen-bond acceptors (Lipinski definition) is 8. The molecule has 0 radical (unpaired) electrons. The van der Waals surface area contributed by atoms with Crippen LogP contribution in [0.3, 0.4) is 0 Å². The molecule has 6 atom stereocenters. The number of esters is 1. The van der Waals surface area contributed by atoms with E-state index in [-0.39, 0.29) is 18.8 Å². The zero-order chi connectivity index (χ0) is 20.4. The van der Waals surface area contributed by atoms with Crippen molar-refractivity contribution in [3.63, 3.8) is 0 Å². The fourth-order valence-corrected chi connectivity index (χ4v) is 5.20. The standard InChI is InChI=1S/C21H22O8/c1-11(22)16-12(2)28-21-17-14(10-25-18(27-17)13-7-5-4-6-8-13)26-19(24-3)20(16,21)9-15(23)29-21/h4-8,14,17-19H,9-10H2,1-3H3/t14-,17-,18-,19+,20+,21+/m1/s1. The molecule has 4 heterocycles. The lowest BCUT2D eigenvalue weighted by molar-refractivity contribution is -0.418. The summed E-state index contributed by atoms with van der Waals surface area (Å²) >= 11 is 0. The third-order valence-corrected chi connectivity index (χ3v) is 6.15. The molecule has 3 saturated heterocycles. The first-order valence-corrected chi connectivity index (χ1v) is 9.56. The lowest BCUT2D eigenvalue weighted by Crippen LogP contribution is -2.70. The van der Waals surface area contributed by atoms with Gasteiger partial charge in [0.1, 0.15) is 17.3 Å². The maximum Gasteiger partial charge on any atom is 0.310 e. The molecule has 1 aromatic rings. The third kappa shape index (κ3) is 2.34. The Morgan fingerprint density at radius 2 is 1.93 bits per heavy atom. The number of rotatable bonds is 3. The Balaban J connectivity index is 1.62. The molecule has 4 aliphatic rings. The average molecular weight is 402 g/mol. The molecule has 0 amide bonds. The summed E-state index contributed by atoms with van der Waals surface area (Å²) in [5.41, 5.74) is -0.0743. The van der Waals surface area contributed by atoms with Gasteiger partial charge in [-0.2, -0.15) is 0 Å². The first kappa shape index (κ1) is 18.7. The Labute approximate surface area is 167 Å². The van der Waals surface area contributed by atoms with E-state index in [1.165, 1.54) is 14.0 Å². The van der Waals surface area contributed by atoms with Gasteiger partial charge in [-0.05, 0) is 13.8 Å². The number of ketones is 1. The van der Waals surface area contributed by atoms with Crippen molar-refractivity contribution in [2.24, 2.45) is 5.41 Å². The van der Waals surface area contributed by atoms with Gasteiger partial charge < -0.3 is 28.4 Å². The third-order valence-electron chi connectivity index (χ3n) is 6.15. The van der Waals surface area contributed by atoms with E-state index in [2.05, 4.69) is 0 Å². The first-order valence-electron chi connectivity index (χ1n) is 9.56. The molecule has 5 rings (SSSR count). The highest BCUT2D eigenvalue weighted by Gasteiger charge is 2.81. The molecule has 0 saturated carbocycles. The summed E-state index contributed by atoms with van der Waals surface area (Å²) < 4.78 is 35.9. The van der Waals surface area contributed by atoms with Gasteiger partial charge in [-0.3, -0.25) is 9.59 Å². The van der Waals surface area contributed by atoms with Crippen molar-refractivity contribution in [1.29, 1.82) is 0 Å². The number of carbonyl (C=O) groups excluding carboxylic acids is 2. The van der Waals surface area contributed by atoms with Gasteiger partial charge in [0, 0.05) is 12.7 Å². The van der Waals surface area contributed by atoms with Crippen molar-refractivity contribution in [3.8, 4) is 0 Å². The van der Waals surface area contributed by atoms with Gasteiger partial charge in [-0.15, -0.1) is 0 Å². The van der Waals surface area contributed by atoms with Crippen molar-refractivity contribution >= 4 is 11.8 Å². The lowest BCUT2D eigenvalue weighted by atomic mass is 9.67. The van der Waals surface area contributed by atoms with Crippen LogP contribution in [0.1, 0.15) is 32.1 Å². The highest BCUT2D eigenvalue weighted by atomic mass is 16.8. The van der Waals surface area contributed by atoms with E-state index < -0.39 is 42.0 Å². The SMILES string of the molecule is CO[C@H]1O[C@@H]2CO[C@@H](c3ccccc3)O[C@H]2[C@]23OC(=O)C[C@]12C(C(C)=O)=C(C)O3. The molecule has 8 nitrogen and oxygen atoms in total. The number of allylic oxidation sites excluding steroid dienone is 1. The smallest absolute Gasteiger partial charge is 0.310 e. The molecular weight excluding hydrogens is 380 g/mol. The van der Waals surface area contributed by atoms with Crippen molar-refractivity contribution < 1.29 is 38.0 Å². The van der Waals surface area contributed by atoms with Gasteiger partial charge in [-0.1, -0.05) is 30.3 Å². The minimum atomic E-state index is -1.55. The highest BCUT2D eigenvalue weighted by Crippen LogP contribution is 2.65. The monoisotopic (exact) mass is 402 g/mol. The predicted molar refractivity (Wildman–Crippen MR) is 96.0 cm³/mol. The lowest BCUT2D eigenvalue weighted by Gasteiger charge is -2.54. The molecule has 0 aliphatic carbocycles. The zero-order valence-corrected chi connectivity index (χ0v) is 16.4. The van der Waals surface area contributed by atoms with Gasteiger partial charge in [0.15, 0.2) is 24.5 Å². The molecule has 0 N–H and O–H groups in total. The van der Waals surface area contributed by atoms with Crippen LogP contribution in [-0.4, -0.2) is 49.8 Å². The van der Waals surface area contributed by atoms with E-state index in [0.29, 0.717) is 11.3 Å². The maximum atomic E-state index is 12.6. The van der Waals surface area contributed by atoms with Crippen LogP contribution < -0.4 is 0 Å². The van der Waals surface area contributed by atoms with Crippen LogP contribution in [0.25, 0.3) is 0 Å². The predicted octanol–water partition coefficient (Wildman–Crippen LogP) is 1.99. The topological polar surface area (TPSA) is 89.5 Å². The van der Waals surface area contributed by atoms with Crippen LogP contribution >= 0.6 is 0 Å². The molecule has 3 fully saturated rings. The molecule has 0 bridgehead atoms. The molecule has 0 unspecified atom stereocenters. The summed E-state index contributed by atoms with van der Waals surface area (Å²) in [4.78, 5) is 25.1. The molecule has 8 heteroatoms.